The molecule has 130 valence electrons. The maximum atomic E-state index is 12.5. The van der Waals surface area contributed by atoms with Crippen LogP contribution in [-0.2, 0) is 4.79 Å². The molecule has 0 saturated heterocycles. The highest BCUT2D eigenvalue weighted by Gasteiger charge is 2.15. The Labute approximate surface area is 156 Å². The summed E-state index contributed by atoms with van der Waals surface area (Å²) in [5.41, 5.74) is 4.48. The number of amides is 1. The van der Waals surface area contributed by atoms with Gasteiger partial charge in [-0.15, -0.1) is 11.3 Å². The van der Waals surface area contributed by atoms with Crippen molar-refractivity contribution in [3.05, 3.63) is 70.0 Å². The Morgan fingerprint density at radius 1 is 1.31 bits per heavy atom. The lowest BCUT2D eigenvalue weighted by molar-refractivity contribution is -0.112. The van der Waals surface area contributed by atoms with Gasteiger partial charge in [-0.1, -0.05) is 18.2 Å². The molecule has 0 spiro atoms. The molecule has 2 aromatic heterocycles. The molecule has 1 amide bonds. The number of aryl methyl sites for hydroxylation is 2. The van der Waals surface area contributed by atoms with Gasteiger partial charge in [0.15, 0.2) is 5.13 Å². The van der Waals surface area contributed by atoms with E-state index in [0.29, 0.717) is 5.69 Å². The molecule has 6 heteroatoms. The van der Waals surface area contributed by atoms with Crippen LogP contribution in [0.3, 0.4) is 0 Å². The summed E-state index contributed by atoms with van der Waals surface area (Å²) in [4.78, 5) is 16.9. The molecule has 0 bridgehead atoms. The molecule has 0 saturated carbocycles. The maximum Gasteiger partial charge on any atom is 0.266 e. The monoisotopic (exact) mass is 362 g/mol. The fourth-order valence-corrected chi connectivity index (χ4v) is 3.51. The Balaban J connectivity index is 1.93. The Kier molecular flexibility index (Phi) is 5.01. The van der Waals surface area contributed by atoms with Gasteiger partial charge < -0.3 is 5.32 Å². The predicted octanol–water partition coefficient (Wildman–Crippen LogP) is 4.40. The second-order valence-electron chi connectivity index (χ2n) is 5.92. The zero-order valence-electron chi connectivity index (χ0n) is 14.8. The molecular weight excluding hydrogens is 344 g/mol. The van der Waals surface area contributed by atoms with Gasteiger partial charge in [-0.25, -0.2) is 4.98 Å². The lowest BCUT2D eigenvalue weighted by atomic mass is 10.1. The van der Waals surface area contributed by atoms with Crippen LogP contribution in [0.5, 0.6) is 0 Å². The van der Waals surface area contributed by atoms with Crippen LogP contribution in [0.1, 0.15) is 22.5 Å². The van der Waals surface area contributed by atoms with E-state index < -0.39 is 5.91 Å². The average Bonchev–Trinajstić information content (AvgIpc) is 3.22. The summed E-state index contributed by atoms with van der Waals surface area (Å²) >= 11 is 1.54. The first-order chi connectivity index (χ1) is 12.5. The van der Waals surface area contributed by atoms with E-state index in [1.807, 2.05) is 67.1 Å². The van der Waals surface area contributed by atoms with Crippen LogP contribution >= 0.6 is 11.3 Å². The van der Waals surface area contributed by atoms with Crippen molar-refractivity contribution in [3.8, 4) is 11.2 Å². The van der Waals surface area contributed by atoms with Crippen molar-refractivity contribution in [1.29, 1.82) is 5.26 Å². The van der Waals surface area contributed by atoms with Gasteiger partial charge in [-0.05, 0) is 50.1 Å². The summed E-state index contributed by atoms with van der Waals surface area (Å²) in [5, 5.41) is 15.0. The number of nitriles is 1. The number of carbonyl (C=O) groups excluding carboxylic acids is 1. The van der Waals surface area contributed by atoms with Crippen LogP contribution < -0.4 is 5.32 Å². The van der Waals surface area contributed by atoms with Crippen molar-refractivity contribution in [2.75, 3.05) is 5.32 Å². The number of anilines is 1. The van der Waals surface area contributed by atoms with Crippen molar-refractivity contribution in [2.45, 2.75) is 20.8 Å². The minimum atomic E-state index is -0.416. The van der Waals surface area contributed by atoms with Crippen LogP contribution in [-0.4, -0.2) is 15.5 Å². The number of carbonyl (C=O) groups is 1. The third-order valence-electron chi connectivity index (χ3n) is 4.14. The molecule has 2 heterocycles. The highest BCUT2D eigenvalue weighted by Crippen LogP contribution is 2.24. The summed E-state index contributed by atoms with van der Waals surface area (Å²) in [6.07, 6.45) is 3.38. The van der Waals surface area contributed by atoms with Crippen molar-refractivity contribution in [2.24, 2.45) is 0 Å². The smallest absolute Gasteiger partial charge is 0.266 e. The van der Waals surface area contributed by atoms with Gasteiger partial charge in [0, 0.05) is 28.7 Å². The van der Waals surface area contributed by atoms with E-state index in [-0.39, 0.29) is 5.57 Å². The number of thiazole rings is 1. The zero-order chi connectivity index (χ0) is 18.7. The quantitative estimate of drug-likeness (QED) is 0.552. The number of hydrogen-bond acceptors (Lipinski definition) is 4. The first-order valence-corrected chi connectivity index (χ1v) is 8.97. The van der Waals surface area contributed by atoms with E-state index in [9.17, 15) is 10.1 Å². The van der Waals surface area contributed by atoms with Gasteiger partial charge in [0.25, 0.3) is 5.91 Å². The van der Waals surface area contributed by atoms with Gasteiger partial charge >= 0.3 is 0 Å². The minimum absolute atomic E-state index is 0.0626. The summed E-state index contributed by atoms with van der Waals surface area (Å²) in [6, 6.07) is 11.4. The third-order valence-corrected chi connectivity index (χ3v) is 4.90. The number of para-hydroxylation sites is 1. The molecule has 0 aliphatic carbocycles. The number of hydrogen-bond donors (Lipinski definition) is 1. The number of nitrogens with one attached hydrogen (secondary N) is 1. The van der Waals surface area contributed by atoms with Crippen molar-refractivity contribution in [1.82, 2.24) is 9.55 Å². The molecule has 3 aromatic rings. The van der Waals surface area contributed by atoms with E-state index in [2.05, 4.69) is 10.3 Å². The van der Waals surface area contributed by atoms with Crippen molar-refractivity contribution in [3.63, 3.8) is 0 Å². The molecule has 3 rings (SSSR count). The zero-order valence-corrected chi connectivity index (χ0v) is 15.6. The van der Waals surface area contributed by atoms with Gasteiger partial charge in [0.1, 0.15) is 11.6 Å². The molecule has 0 atom stereocenters. The summed E-state index contributed by atoms with van der Waals surface area (Å²) in [5.74, 6) is -0.416. The van der Waals surface area contributed by atoms with Crippen LogP contribution in [0.25, 0.3) is 11.2 Å². The molecule has 0 aliphatic heterocycles. The maximum absolute atomic E-state index is 12.5. The van der Waals surface area contributed by atoms with Gasteiger partial charge in [0.2, 0.25) is 0 Å². The lowest BCUT2D eigenvalue weighted by Gasteiger charge is -2.07. The second kappa shape index (κ2) is 7.38. The number of benzene rings is 1. The van der Waals surface area contributed by atoms with Gasteiger partial charge in [0.05, 0.1) is 0 Å². The van der Waals surface area contributed by atoms with Gasteiger partial charge in [-0.3, -0.25) is 9.36 Å². The first-order valence-electron chi connectivity index (χ1n) is 8.09. The topological polar surface area (TPSA) is 70.7 Å². The van der Waals surface area contributed by atoms with Crippen LogP contribution in [0.2, 0.25) is 0 Å². The van der Waals surface area contributed by atoms with Crippen molar-refractivity contribution >= 4 is 29.0 Å². The molecule has 5 nitrogen and oxygen atoms in total. The van der Waals surface area contributed by atoms with E-state index in [0.717, 1.165) is 27.6 Å². The molecule has 26 heavy (non-hydrogen) atoms. The van der Waals surface area contributed by atoms with E-state index in [4.69, 9.17) is 0 Å². The van der Waals surface area contributed by atoms with Crippen LogP contribution in [0, 0.1) is 32.1 Å². The minimum Gasteiger partial charge on any atom is -0.321 e. The van der Waals surface area contributed by atoms with Crippen LogP contribution in [0.15, 0.2) is 47.5 Å². The van der Waals surface area contributed by atoms with E-state index in [1.54, 1.807) is 12.3 Å². The number of rotatable bonds is 4. The predicted molar refractivity (Wildman–Crippen MR) is 104 cm³/mol. The lowest BCUT2D eigenvalue weighted by Crippen LogP contribution is -2.14. The average molecular weight is 362 g/mol. The van der Waals surface area contributed by atoms with Crippen LogP contribution in [0.4, 0.5) is 5.69 Å². The second-order valence-corrected chi connectivity index (χ2v) is 6.79. The molecule has 0 aliphatic rings. The van der Waals surface area contributed by atoms with Gasteiger partial charge in [-0.2, -0.15) is 5.26 Å². The Morgan fingerprint density at radius 2 is 2.08 bits per heavy atom. The Bertz CT molecular complexity index is 1020. The highest BCUT2D eigenvalue weighted by molar-refractivity contribution is 7.12. The molecule has 1 aromatic carbocycles. The summed E-state index contributed by atoms with van der Waals surface area (Å²) in [7, 11) is 0. The molecule has 0 unspecified atom stereocenters. The Hall–Kier alpha value is -3.17. The van der Waals surface area contributed by atoms with E-state index in [1.165, 1.54) is 11.3 Å². The standard InChI is InChI=1S/C20H18N4OS/c1-13-6-4-5-7-18(13)23-19(25)17(12-21)11-16-10-14(2)24(15(16)3)20-22-8-9-26-20/h4-11H,1-3H3,(H,23,25)/b17-11+. The fraction of sp³-hybridized carbons (Fsp3) is 0.150. The van der Waals surface area contributed by atoms with Crippen molar-refractivity contribution < 1.29 is 4.79 Å². The summed E-state index contributed by atoms with van der Waals surface area (Å²) in [6.45, 7) is 5.84. The normalized spacial score (nSPS) is 11.2. The third kappa shape index (κ3) is 3.44. The first kappa shape index (κ1) is 17.6. The molecule has 0 radical (unpaired) electrons. The number of nitrogens with zero attached hydrogens (tertiary/aromatic N) is 3. The fourth-order valence-electron chi connectivity index (χ4n) is 2.76. The molecule has 0 fully saturated rings. The van der Waals surface area contributed by atoms with E-state index >= 15 is 0 Å². The largest absolute Gasteiger partial charge is 0.321 e. The SMILES string of the molecule is Cc1ccccc1NC(=O)/C(C#N)=C/c1cc(C)n(-c2nccs2)c1C. The Morgan fingerprint density at radius 3 is 2.73 bits per heavy atom. The summed E-state index contributed by atoms with van der Waals surface area (Å²) < 4.78 is 2.02. The molecular formula is C20H18N4OS. The molecule has 1 N–H and O–H groups in total. The highest BCUT2D eigenvalue weighted by atomic mass is 32.1. The number of aromatic nitrogens is 2.